The summed E-state index contributed by atoms with van der Waals surface area (Å²) in [6, 6.07) is 14.2. The predicted octanol–water partition coefficient (Wildman–Crippen LogP) is 3.40. The first-order valence-electron chi connectivity index (χ1n) is 7.66. The Morgan fingerprint density at radius 2 is 1.62 bits per heavy atom. The molecule has 1 saturated heterocycles. The van der Waals surface area contributed by atoms with Crippen LogP contribution in [0.25, 0.3) is 0 Å². The fourth-order valence-electron chi connectivity index (χ4n) is 2.55. The van der Waals surface area contributed by atoms with E-state index >= 15 is 0 Å². The molecule has 24 heavy (non-hydrogen) atoms. The standard InChI is InChI=1S/C17H17ClN4O2/c18-15-3-7-16(8-4-15)20-9-11-21(12-10-20)19-13-14-1-5-17(6-2-14)22(23)24/h1-8,13H,9-12H2/b19-13-. The molecular formula is C17H17ClN4O2. The number of hydrazone groups is 1. The summed E-state index contributed by atoms with van der Waals surface area (Å²) in [6.45, 7) is 3.43. The molecular weight excluding hydrogens is 328 g/mol. The minimum Gasteiger partial charge on any atom is -0.368 e. The van der Waals surface area contributed by atoms with Crippen molar-refractivity contribution in [1.29, 1.82) is 0 Å². The van der Waals surface area contributed by atoms with Gasteiger partial charge in [-0.25, -0.2) is 0 Å². The molecule has 0 N–H and O–H groups in total. The summed E-state index contributed by atoms with van der Waals surface area (Å²) >= 11 is 5.92. The molecule has 2 aromatic rings. The lowest BCUT2D eigenvalue weighted by molar-refractivity contribution is -0.384. The number of halogens is 1. The Balaban J connectivity index is 1.55. The first kappa shape index (κ1) is 16.3. The topological polar surface area (TPSA) is 62.0 Å². The lowest BCUT2D eigenvalue weighted by Gasteiger charge is -2.34. The highest BCUT2D eigenvalue weighted by molar-refractivity contribution is 6.30. The second-order valence-electron chi connectivity index (χ2n) is 5.51. The van der Waals surface area contributed by atoms with Crippen LogP contribution in [0.3, 0.4) is 0 Å². The second kappa shape index (κ2) is 7.31. The Kier molecular flexibility index (Phi) is 4.96. The molecule has 0 radical (unpaired) electrons. The number of benzene rings is 2. The van der Waals surface area contributed by atoms with Gasteiger partial charge in [0.05, 0.1) is 24.2 Å². The Bertz CT molecular complexity index is 723. The van der Waals surface area contributed by atoms with Gasteiger partial charge in [0, 0.05) is 35.9 Å². The average Bonchev–Trinajstić information content (AvgIpc) is 2.61. The smallest absolute Gasteiger partial charge is 0.269 e. The minimum absolute atomic E-state index is 0.0868. The molecule has 0 unspecified atom stereocenters. The van der Waals surface area contributed by atoms with Crippen molar-refractivity contribution in [2.24, 2.45) is 5.10 Å². The van der Waals surface area contributed by atoms with E-state index in [4.69, 9.17) is 11.6 Å². The first-order chi connectivity index (χ1) is 11.6. The number of hydrogen-bond acceptors (Lipinski definition) is 5. The van der Waals surface area contributed by atoms with Crippen molar-refractivity contribution in [3.05, 3.63) is 69.2 Å². The van der Waals surface area contributed by atoms with Crippen molar-refractivity contribution in [2.45, 2.75) is 0 Å². The van der Waals surface area contributed by atoms with E-state index in [2.05, 4.69) is 10.0 Å². The molecule has 124 valence electrons. The summed E-state index contributed by atoms with van der Waals surface area (Å²) in [4.78, 5) is 12.5. The number of nitro benzene ring substituents is 1. The number of rotatable bonds is 4. The van der Waals surface area contributed by atoms with Gasteiger partial charge >= 0.3 is 0 Å². The minimum atomic E-state index is -0.406. The summed E-state index contributed by atoms with van der Waals surface area (Å²) in [5, 5.41) is 17.8. The highest BCUT2D eigenvalue weighted by Gasteiger charge is 2.15. The van der Waals surface area contributed by atoms with Crippen LogP contribution in [0.4, 0.5) is 11.4 Å². The second-order valence-corrected chi connectivity index (χ2v) is 5.95. The molecule has 0 aromatic heterocycles. The molecule has 0 atom stereocenters. The Labute approximate surface area is 145 Å². The van der Waals surface area contributed by atoms with Gasteiger partial charge in [0.25, 0.3) is 5.69 Å². The summed E-state index contributed by atoms with van der Waals surface area (Å²) in [6.07, 6.45) is 1.74. The zero-order valence-corrected chi connectivity index (χ0v) is 13.8. The highest BCUT2D eigenvalue weighted by atomic mass is 35.5. The molecule has 3 rings (SSSR count). The van der Waals surface area contributed by atoms with E-state index < -0.39 is 4.92 Å². The molecule has 1 aliphatic rings. The van der Waals surface area contributed by atoms with Crippen molar-refractivity contribution >= 4 is 29.2 Å². The summed E-state index contributed by atoms with van der Waals surface area (Å²) < 4.78 is 0. The zero-order chi connectivity index (χ0) is 16.9. The fraction of sp³-hybridized carbons (Fsp3) is 0.235. The van der Waals surface area contributed by atoms with Crippen molar-refractivity contribution < 1.29 is 4.92 Å². The van der Waals surface area contributed by atoms with Crippen LogP contribution in [0.2, 0.25) is 5.02 Å². The van der Waals surface area contributed by atoms with Crippen LogP contribution in [0.5, 0.6) is 0 Å². The van der Waals surface area contributed by atoms with Gasteiger partial charge in [-0.05, 0) is 42.0 Å². The molecule has 1 heterocycles. The Morgan fingerprint density at radius 1 is 1.00 bits per heavy atom. The lowest BCUT2D eigenvalue weighted by atomic mass is 10.2. The van der Waals surface area contributed by atoms with Gasteiger partial charge in [-0.3, -0.25) is 15.1 Å². The van der Waals surface area contributed by atoms with Gasteiger partial charge in [-0.2, -0.15) is 5.10 Å². The maximum absolute atomic E-state index is 10.6. The predicted molar refractivity (Wildman–Crippen MR) is 95.9 cm³/mol. The lowest BCUT2D eigenvalue weighted by Crippen LogP contribution is -2.44. The summed E-state index contributed by atoms with van der Waals surface area (Å²) in [5.41, 5.74) is 2.10. The van der Waals surface area contributed by atoms with Crippen molar-refractivity contribution in [2.75, 3.05) is 31.1 Å². The van der Waals surface area contributed by atoms with E-state index in [0.717, 1.165) is 36.8 Å². The largest absolute Gasteiger partial charge is 0.368 e. The van der Waals surface area contributed by atoms with Crippen molar-refractivity contribution in [3.8, 4) is 0 Å². The summed E-state index contributed by atoms with van der Waals surface area (Å²) in [5.74, 6) is 0. The fourth-order valence-corrected chi connectivity index (χ4v) is 2.68. The molecule has 0 bridgehead atoms. The van der Waals surface area contributed by atoms with Crippen molar-refractivity contribution in [1.82, 2.24) is 5.01 Å². The number of non-ortho nitro benzene ring substituents is 1. The number of piperazine rings is 1. The van der Waals surface area contributed by atoms with E-state index in [1.165, 1.54) is 17.8 Å². The maximum Gasteiger partial charge on any atom is 0.269 e. The van der Waals surface area contributed by atoms with Crippen LogP contribution >= 0.6 is 11.6 Å². The zero-order valence-electron chi connectivity index (χ0n) is 13.0. The van der Waals surface area contributed by atoms with Gasteiger partial charge in [-0.1, -0.05) is 11.6 Å². The number of hydrogen-bond donors (Lipinski definition) is 0. The SMILES string of the molecule is O=[N+]([O-])c1ccc(/C=N\N2CCN(c3ccc(Cl)cc3)CC2)cc1. The number of nitrogens with zero attached hydrogens (tertiary/aromatic N) is 4. The van der Waals surface area contributed by atoms with Crippen LogP contribution in [-0.4, -0.2) is 42.3 Å². The molecule has 0 saturated carbocycles. The third-order valence-corrected chi connectivity index (χ3v) is 4.17. The van der Waals surface area contributed by atoms with E-state index in [0.29, 0.717) is 0 Å². The van der Waals surface area contributed by atoms with Crippen LogP contribution in [0, 0.1) is 10.1 Å². The van der Waals surface area contributed by atoms with Gasteiger partial charge in [0.1, 0.15) is 0 Å². The quantitative estimate of drug-likeness (QED) is 0.484. The van der Waals surface area contributed by atoms with Crippen LogP contribution in [0.1, 0.15) is 5.56 Å². The first-order valence-corrected chi connectivity index (χ1v) is 8.03. The van der Waals surface area contributed by atoms with Crippen LogP contribution in [0.15, 0.2) is 53.6 Å². The maximum atomic E-state index is 10.6. The average molecular weight is 345 g/mol. The van der Waals surface area contributed by atoms with Gasteiger partial charge in [0.2, 0.25) is 0 Å². The molecule has 0 aliphatic carbocycles. The monoisotopic (exact) mass is 344 g/mol. The van der Waals surface area contributed by atoms with Gasteiger partial charge < -0.3 is 4.90 Å². The van der Waals surface area contributed by atoms with Gasteiger partial charge in [0.15, 0.2) is 0 Å². The van der Waals surface area contributed by atoms with E-state index in [9.17, 15) is 10.1 Å². The molecule has 6 nitrogen and oxygen atoms in total. The molecule has 7 heteroatoms. The molecule has 2 aromatic carbocycles. The van der Waals surface area contributed by atoms with E-state index in [1.54, 1.807) is 18.3 Å². The molecule has 1 aliphatic heterocycles. The molecule has 0 spiro atoms. The van der Waals surface area contributed by atoms with Gasteiger partial charge in [-0.15, -0.1) is 0 Å². The third-order valence-electron chi connectivity index (χ3n) is 3.92. The normalized spacial score (nSPS) is 15.0. The Morgan fingerprint density at radius 3 is 2.21 bits per heavy atom. The molecule has 0 amide bonds. The Hall–Kier alpha value is -2.60. The molecule has 1 fully saturated rings. The number of nitro groups is 1. The van der Waals surface area contributed by atoms with Crippen LogP contribution in [-0.2, 0) is 0 Å². The summed E-state index contributed by atoms with van der Waals surface area (Å²) in [7, 11) is 0. The van der Waals surface area contributed by atoms with Crippen molar-refractivity contribution in [3.63, 3.8) is 0 Å². The van der Waals surface area contributed by atoms with E-state index in [1.807, 2.05) is 29.3 Å². The van der Waals surface area contributed by atoms with Crippen LogP contribution < -0.4 is 4.90 Å². The highest BCUT2D eigenvalue weighted by Crippen LogP contribution is 2.19. The van der Waals surface area contributed by atoms with E-state index in [-0.39, 0.29) is 5.69 Å². The number of anilines is 1. The third kappa shape index (κ3) is 4.02.